The first-order chi connectivity index (χ1) is 7.66. The Labute approximate surface area is 103 Å². The number of halogens is 1. The van der Waals surface area contributed by atoms with Crippen molar-refractivity contribution in [2.45, 2.75) is 13.8 Å². The van der Waals surface area contributed by atoms with Crippen LogP contribution in [0.5, 0.6) is 0 Å². The fourth-order valence-electron chi connectivity index (χ4n) is 1.37. The summed E-state index contributed by atoms with van der Waals surface area (Å²) in [6.07, 6.45) is 1.57. The highest BCUT2D eigenvalue weighted by Gasteiger charge is 2.03. The van der Waals surface area contributed by atoms with Gasteiger partial charge < -0.3 is 5.32 Å². The van der Waals surface area contributed by atoms with Crippen LogP contribution < -0.4 is 5.32 Å². The zero-order chi connectivity index (χ0) is 11.5. The minimum absolute atomic E-state index is 0.852. The molecule has 0 bridgehead atoms. The molecule has 0 spiro atoms. The molecule has 2 rings (SSSR count). The van der Waals surface area contributed by atoms with Gasteiger partial charge in [-0.2, -0.15) is 0 Å². The Morgan fingerprint density at radius 2 is 2.00 bits per heavy atom. The van der Waals surface area contributed by atoms with Crippen LogP contribution in [0.2, 0.25) is 0 Å². The number of hydrogen-bond acceptors (Lipinski definition) is 3. The van der Waals surface area contributed by atoms with Crippen LogP contribution in [0.3, 0.4) is 0 Å². The molecule has 1 N–H and O–H groups in total. The minimum atomic E-state index is 0.852. The SMILES string of the molecule is Cc1ncnc(Nc2cccc(Br)c2)c1C. The second-order valence-corrected chi connectivity index (χ2v) is 4.48. The molecule has 1 aromatic heterocycles. The van der Waals surface area contributed by atoms with Crippen molar-refractivity contribution in [1.82, 2.24) is 9.97 Å². The Kier molecular flexibility index (Phi) is 3.19. The first kappa shape index (κ1) is 11.1. The highest BCUT2D eigenvalue weighted by Crippen LogP contribution is 2.21. The molecule has 0 saturated heterocycles. The van der Waals surface area contributed by atoms with E-state index in [1.165, 1.54) is 0 Å². The molecular weight excluding hydrogens is 266 g/mol. The maximum Gasteiger partial charge on any atom is 0.136 e. The number of hydrogen-bond donors (Lipinski definition) is 1. The van der Waals surface area contributed by atoms with Gasteiger partial charge in [0.05, 0.1) is 0 Å². The molecule has 0 radical (unpaired) electrons. The monoisotopic (exact) mass is 277 g/mol. The lowest BCUT2D eigenvalue weighted by Crippen LogP contribution is -1.99. The van der Waals surface area contributed by atoms with Crippen molar-refractivity contribution in [2.75, 3.05) is 5.32 Å². The first-order valence-electron chi connectivity index (χ1n) is 4.97. The van der Waals surface area contributed by atoms with Crippen molar-refractivity contribution in [2.24, 2.45) is 0 Å². The molecule has 82 valence electrons. The third-order valence-corrected chi connectivity index (χ3v) is 2.92. The molecule has 0 amide bonds. The summed E-state index contributed by atoms with van der Waals surface area (Å²) in [5.74, 6) is 0.852. The summed E-state index contributed by atoms with van der Waals surface area (Å²) in [6, 6.07) is 7.98. The van der Waals surface area contributed by atoms with Crippen LogP contribution in [0.15, 0.2) is 35.1 Å². The first-order valence-corrected chi connectivity index (χ1v) is 5.77. The Morgan fingerprint density at radius 1 is 1.19 bits per heavy atom. The van der Waals surface area contributed by atoms with Gasteiger partial charge in [-0.05, 0) is 32.0 Å². The lowest BCUT2D eigenvalue weighted by Gasteiger charge is -2.09. The lowest BCUT2D eigenvalue weighted by atomic mass is 10.2. The predicted molar refractivity (Wildman–Crippen MR) is 68.9 cm³/mol. The summed E-state index contributed by atoms with van der Waals surface area (Å²) in [4.78, 5) is 8.36. The van der Waals surface area contributed by atoms with Crippen molar-refractivity contribution in [3.8, 4) is 0 Å². The maximum absolute atomic E-state index is 4.23. The second kappa shape index (κ2) is 4.61. The van der Waals surface area contributed by atoms with E-state index < -0.39 is 0 Å². The summed E-state index contributed by atoms with van der Waals surface area (Å²) in [5.41, 5.74) is 3.07. The van der Waals surface area contributed by atoms with Gasteiger partial charge in [0.1, 0.15) is 12.1 Å². The van der Waals surface area contributed by atoms with E-state index in [9.17, 15) is 0 Å². The number of rotatable bonds is 2. The Bertz CT molecular complexity index is 511. The van der Waals surface area contributed by atoms with Crippen LogP contribution in [0.1, 0.15) is 11.3 Å². The van der Waals surface area contributed by atoms with Gasteiger partial charge in [-0.3, -0.25) is 0 Å². The molecule has 1 heterocycles. The smallest absolute Gasteiger partial charge is 0.136 e. The van der Waals surface area contributed by atoms with Crippen LogP contribution in [0.25, 0.3) is 0 Å². The fourth-order valence-corrected chi connectivity index (χ4v) is 1.77. The summed E-state index contributed by atoms with van der Waals surface area (Å²) in [6.45, 7) is 3.98. The van der Waals surface area contributed by atoms with Crippen molar-refractivity contribution >= 4 is 27.4 Å². The number of aromatic nitrogens is 2. The van der Waals surface area contributed by atoms with E-state index in [4.69, 9.17) is 0 Å². The van der Waals surface area contributed by atoms with Crippen LogP contribution in [-0.4, -0.2) is 9.97 Å². The summed E-state index contributed by atoms with van der Waals surface area (Å²) >= 11 is 3.44. The molecule has 1 aromatic carbocycles. The average molecular weight is 278 g/mol. The summed E-state index contributed by atoms with van der Waals surface area (Å²) in [5, 5.41) is 3.27. The fraction of sp³-hybridized carbons (Fsp3) is 0.167. The number of anilines is 2. The van der Waals surface area contributed by atoms with E-state index >= 15 is 0 Å². The molecule has 0 aliphatic rings. The quantitative estimate of drug-likeness (QED) is 0.912. The van der Waals surface area contributed by atoms with E-state index in [0.29, 0.717) is 0 Å². The molecule has 16 heavy (non-hydrogen) atoms. The van der Waals surface area contributed by atoms with Crippen LogP contribution in [-0.2, 0) is 0 Å². The molecule has 0 fully saturated rings. The lowest BCUT2D eigenvalue weighted by molar-refractivity contribution is 1.06. The van der Waals surface area contributed by atoms with Crippen LogP contribution in [0, 0.1) is 13.8 Å². The van der Waals surface area contributed by atoms with Crippen molar-refractivity contribution < 1.29 is 0 Å². The third-order valence-electron chi connectivity index (χ3n) is 2.42. The highest BCUT2D eigenvalue weighted by atomic mass is 79.9. The normalized spacial score (nSPS) is 10.2. The van der Waals surface area contributed by atoms with E-state index in [0.717, 1.165) is 27.2 Å². The molecule has 0 atom stereocenters. The number of benzene rings is 1. The van der Waals surface area contributed by atoms with Crippen molar-refractivity contribution in [3.63, 3.8) is 0 Å². The number of nitrogens with zero attached hydrogens (tertiary/aromatic N) is 2. The molecule has 0 aliphatic carbocycles. The molecule has 0 unspecified atom stereocenters. The Hall–Kier alpha value is -1.42. The number of aryl methyl sites for hydroxylation is 1. The Balaban J connectivity index is 2.31. The standard InChI is InChI=1S/C12H12BrN3/c1-8-9(2)14-7-15-12(8)16-11-5-3-4-10(13)6-11/h3-7H,1-2H3,(H,14,15,16). The molecule has 0 saturated carbocycles. The zero-order valence-corrected chi connectivity index (χ0v) is 10.7. The van der Waals surface area contributed by atoms with Gasteiger partial charge in [-0.25, -0.2) is 9.97 Å². The van der Waals surface area contributed by atoms with Gasteiger partial charge in [0, 0.05) is 21.4 Å². The van der Waals surface area contributed by atoms with Gasteiger partial charge in [0.15, 0.2) is 0 Å². The highest BCUT2D eigenvalue weighted by molar-refractivity contribution is 9.10. The molecule has 4 heteroatoms. The van der Waals surface area contributed by atoms with Crippen molar-refractivity contribution in [1.29, 1.82) is 0 Å². The van der Waals surface area contributed by atoms with E-state index in [1.54, 1.807) is 6.33 Å². The van der Waals surface area contributed by atoms with E-state index in [-0.39, 0.29) is 0 Å². The minimum Gasteiger partial charge on any atom is -0.340 e. The van der Waals surface area contributed by atoms with Gasteiger partial charge >= 0.3 is 0 Å². The maximum atomic E-state index is 4.23. The van der Waals surface area contributed by atoms with Crippen LogP contribution >= 0.6 is 15.9 Å². The predicted octanol–water partition coefficient (Wildman–Crippen LogP) is 3.60. The third kappa shape index (κ3) is 2.39. The largest absolute Gasteiger partial charge is 0.340 e. The second-order valence-electron chi connectivity index (χ2n) is 3.57. The molecule has 2 aromatic rings. The molecular formula is C12H12BrN3. The Morgan fingerprint density at radius 3 is 2.75 bits per heavy atom. The average Bonchev–Trinajstić information content (AvgIpc) is 2.25. The van der Waals surface area contributed by atoms with Crippen LogP contribution in [0.4, 0.5) is 11.5 Å². The van der Waals surface area contributed by atoms with E-state index in [1.807, 2.05) is 38.1 Å². The molecule has 3 nitrogen and oxygen atoms in total. The topological polar surface area (TPSA) is 37.8 Å². The zero-order valence-electron chi connectivity index (χ0n) is 9.16. The van der Waals surface area contributed by atoms with Gasteiger partial charge in [0.2, 0.25) is 0 Å². The molecule has 0 aliphatic heterocycles. The van der Waals surface area contributed by atoms with Gasteiger partial charge in [-0.15, -0.1) is 0 Å². The van der Waals surface area contributed by atoms with Gasteiger partial charge in [-0.1, -0.05) is 22.0 Å². The summed E-state index contributed by atoms with van der Waals surface area (Å²) < 4.78 is 1.04. The number of nitrogens with one attached hydrogen (secondary N) is 1. The van der Waals surface area contributed by atoms with Gasteiger partial charge in [0.25, 0.3) is 0 Å². The van der Waals surface area contributed by atoms with Crippen molar-refractivity contribution in [3.05, 3.63) is 46.3 Å². The van der Waals surface area contributed by atoms with E-state index in [2.05, 4.69) is 31.2 Å². The summed E-state index contributed by atoms with van der Waals surface area (Å²) in [7, 11) is 0.